The fourth-order valence-electron chi connectivity index (χ4n) is 2.74. The number of nitrogens with one attached hydrogen (secondary N) is 1. The molecule has 2 rings (SSSR count). The summed E-state index contributed by atoms with van der Waals surface area (Å²) in [7, 11) is -3.68. The second-order valence-corrected chi connectivity index (χ2v) is 8.67. The summed E-state index contributed by atoms with van der Waals surface area (Å²) in [5.74, 6) is -1.33. The zero-order chi connectivity index (χ0) is 17.9. The van der Waals surface area contributed by atoms with E-state index in [2.05, 4.69) is 5.32 Å². The molecular weight excluding hydrogens is 355 g/mol. The molecule has 1 heterocycles. The normalized spacial score (nSPS) is 17.2. The molecule has 1 aromatic carbocycles. The molecule has 0 aliphatic carbocycles. The van der Waals surface area contributed by atoms with Crippen LogP contribution in [0.2, 0.25) is 5.02 Å². The van der Waals surface area contributed by atoms with E-state index in [1.165, 1.54) is 22.5 Å². The molecule has 0 bridgehead atoms. The molecule has 1 amide bonds. The van der Waals surface area contributed by atoms with Gasteiger partial charge in [0.05, 0.1) is 5.75 Å². The van der Waals surface area contributed by atoms with Crippen LogP contribution in [-0.4, -0.2) is 37.8 Å². The summed E-state index contributed by atoms with van der Waals surface area (Å²) in [5, 5.41) is 2.95. The number of benzene rings is 1. The van der Waals surface area contributed by atoms with Crippen molar-refractivity contribution in [2.24, 2.45) is 5.92 Å². The molecule has 0 unspecified atom stereocenters. The van der Waals surface area contributed by atoms with Gasteiger partial charge in [0.2, 0.25) is 15.9 Å². The van der Waals surface area contributed by atoms with Crippen molar-refractivity contribution in [3.63, 3.8) is 0 Å². The van der Waals surface area contributed by atoms with Crippen molar-refractivity contribution >= 4 is 27.5 Å². The second-order valence-electron chi connectivity index (χ2n) is 6.29. The first kappa shape index (κ1) is 19.1. The van der Waals surface area contributed by atoms with Gasteiger partial charge in [-0.15, -0.1) is 0 Å². The molecule has 0 atom stereocenters. The first-order chi connectivity index (χ1) is 11.2. The molecule has 134 valence electrons. The van der Waals surface area contributed by atoms with Crippen LogP contribution in [0.3, 0.4) is 0 Å². The molecule has 1 N–H and O–H groups in total. The minimum absolute atomic E-state index is 0.0150. The van der Waals surface area contributed by atoms with E-state index in [9.17, 15) is 17.6 Å². The van der Waals surface area contributed by atoms with Gasteiger partial charge < -0.3 is 5.32 Å². The Kier molecular flexibility index (Phi) is 6.22. The summed E-state index contributed by atoms with van der Waals surface area (Å²) < 4.78 is 40.2. The highest BCUT2D eigenvalue weighted by Crippen LogP contribution is 2.26. The monoisotopic (exact) mass is 376 g/mol. The number of carbonyl (C=O) groups excluding carboxylic acids is 1. The molecule has 24 heavy (non-hydrogen) atoms. The Morgan fingerprint density at radius 3 is 2.54 bits per heavy atom. The third-order valence-corrected chi connectivity index (χ3v) is 6.20. The van der Waals surface area contributed by atoms with E-state index in [1.54, 1.807) is 0 Å². The number of rotatable bonds is 5. The molecule has 1 aliphatic rings. The first-order valence-electron chi connectivity index (χ1n) is 7.92. The molecule has 1 fully saturated rings. The predicted octanol–water partition coefficient (Wildman–Crippen LogP) is 2.55. The first-order valence-corrected chi connectivity index (χ1v) is 9.90. The smallest absolute Gasteiger partial charge is 0.223 e. The average molecular weight is 377 g/mol. The van der Waals surface area contributed by atoms with E-state index in [-0.39, 0.29) is 41.5 Å². The Balaban J connectivity index is 2.01. The van der Waals surface area contributed by atoms with Gasteiger partial charge in [-0.05, 0) is 38.8 Å². The van der Waals surface area contributed by atoms with Crippen LogP contribution in [0.15, 0.2) is 18.2 Å². The SMILES string of the molecule is CC(C)NC(=O)C1CCN(S(=O)(=O)Cc2c(F)cccc2Cl)CC1. The third kappa shape index (κ3) is 4.68. The van der Waals surface area contributed by atoms with Crippen molar-refractivity contribution in [3.05, 3.63) is 34.6 Å². The quantitative estimate of drug-likeness (QED) is 0.858. The van der Waals surface area contributed by atoms with Crippen LogP contribution in [0.4, 0.5) is 4.39 Å². The van der Waals surface area contributed by atoms with E-state index in [4.69, 9.17) is 11.6 Å². The van der Waals surface area contributed by atoms with Crippen LogP contribution in [0.1, 0.15) is 32.3 Å². The Bertz CT molecular complexity index is 681. The Morgan fingerprint density at radius 2 is 2.00 bits per heavy atom. The minimum atomic E-state index is -3.68. The van der Waals surface area contributed by atoms with Gasteiger partial charge in [-0.25, -0.2) is 17.1 Å². The number of halogens is 2. The molecule has 0 aromatic heterocycles. The molecular formula is C16H22ClFN2O3S. The van der Waals surface area contributed by atoms with E-state index in [0.29, 0.717) is 12.8 Å². The van der Waals surface area contributed by atoms with Gasteiger partial charge in [-0.1, -0.05) is 17.7 Å². The zero-order valence-corrected chi connectivity index (χ0v) is 15.3. The van der Waals surface area contributed by atoms with Crippen molar-refractivity contribution in [2.45, 2.75) is 38.5 Å². The Morgan fingerprint density at radius 1 is 1.38 bits per heavy atom. The van der Waals surface area contributed by atoms with Gasteiger partial charge in [0, 0.05) is 35.6 Å². The van der Waals surface area contributed by atoms with Crippen LogP contribution in [0.25, 0.3) is 0 Å². The lowest BCUT2D eigenvalue weighted by molar-refractivity contribution is -0.126. The van der Waals surface area contributed by atoms with Gasteiger partial charge in [-0.3, -0.25) is 4.79 Å². The third-order valence-electron chi connectivity index (χ3n) is 4.04. The van der Waals surface area contributed by atoms with Crippen LogP contribution in [0, 0.1) is 11.7 Å². The summed E-state index contributed by atoms with van der Waals surface area (Å²) >= 11 is 5.91. The predicted molar refractivity (Wildman–Crippen MR) is 91.6 cm³/mol. The fraction of sp³-hybridized carbons (Fsp3) is 0.562. The maximum atomic E-state index is 13.8. The standard InChI is InChI=1S/C16H22ClFN2O3S/c1-11(2)19-16(21)12-6-8-20(9-7-12)24(22,23)10-13-14(17)4-3-5-15(13)18/h3-5,11-12H,6-10H2,1-2H3,(H,19,21). The lowest BCUT2D eigenvalue weighted by atomic mass is 9.97. The molecule has 8 heteroatoms. The highest BCUT2D eigenvalue weighted by Gasteiger charge is 2.32. The second kappa shape index (κ2) is 7.80. The van der Waals surface area contributed by atoms with E-state index in [1.807, 2.05) is 13.8 Å². The number of hydrogen-bond donors (Lipinski definition) is 1. The highest BCUT2D eigenvalue weighted by molar-refractivity contribution is 7.88. The highest BCUT2D eigenvalue weighted by atomic mass is 35.5. The number of hydrogen-bond acceptors (Lipinski definition) is 3. The Hall–Kier alpha value is -1.18. The van der Waals surface area contributed by atoms with E-state index >= 15 is 0 Å². The van der Waals surface area contributed by atoms with Crippen LogP contribution >= 0.6 is 11.6 Å². The number of piperidine rings is 1. The summed E-state index contributed by atoms with van der Waals surface area (Å²) in [4.78, 5) is 12.0. The summed E-state index contributed by atoms with van der Waals surface area (Å²) in [5.41, 5.74) is -0.0150. The van der Waals surface area contributed by atoms with Gasteiger partial charge in [0.25, 0.3) is 0 Å². The van der Waals surface area contributed by atoms with Crippen LogP contribution in [-0.2, 0) is 20.6 Å². The largest absolute Gasteiger partial charge is 0.354 e. The van der Waals surface area contributed by atoms with Crippen molar-refractivity contribution in [1.82, 2.24) is 9.62 Å². The lowest BCUT2D eigenvalue weighted by Gasteiger charge is -2.31. The van der Waals surface area contributed by atoms with Crippen molar-refractivity contribution < 1.29 is 17.6 Å². The molecule has 0 radical (unpaired) electrons. The van der Waals surface area contributed by atoms with Crippen molar-refractivity contribution in [3.8, 4) is 0 Å². The van der Waals surface area contributed by atoms with Crippen LogP contribution < -0.4 is 5.32 Å². The maximum absolute atomic E-state index is 13.8. The summed E-state index contributed by atoms with van der Waals surface area (Å²) in [6, 6.07) is 4.16. The maximum Gasteiger partial charge on any atom is 0.223 e. The van der Waals surface area contributed by atoms with E-state index < -0.39 is 21.6 Å². The summed E-state index contributed by atoms with van der Waals surface area (Å²) in [6.45, 7) is 4.28. The van der Waals surface area contributed by atoms with Gasteiger partial charge in [-0.2, -0.15) is 0 Å². The van der Waals surface area contributed by atoms with Gasteiger partial charge in [0.1, 0.15) is 5.82 Å². The molecule has 0 saturated carbocycles. The van der Waals surface area contributed by atoms with Gasteiger partial charge >= 0.3 is 0 Å². The molecule has 0 spiro atoms. The average Bonchev–Trinajstić information content (AvgIpc) is 2.50. The summed E-state index contributed by atoms with van der Waals surface area (Å²) in [6.07, 6.45) is 0.922. The molecule has 1 aromatic rings. The number of carbonyl (C=O) groups is 1. The number of amides is 1. The zero-order valence-electron chi connectivity index (χ0n) is 13.8. The number of nitrogens with zero attached hydrogens (tertiary/aromatic N) is 1. The molecule has 1 saturated heterocycles. The fourth-order valence-corrected chi connectivity index (χ4v) is 4.66. The lowest BCUT2D eigenvalue weighted by Crippen LogP contribution is -2.44. The van der Waals surface area contributed by atoms with Gasteiger partial charge in [0.15, 0.2) is 0 Å². The van der Waals surface area contributed by atoms with Crippen molar-refractivity contribution in [2.75, 3.05) is 13.1 Å². The van der Waals surface area contributed by atoms with E-state index in [0.717, 1.165) is 0 Å². The topological polar surface area (TPSA) is 66.5 Å². The molecule has 5 nitrogen and oxygen atoms in total. The minimum Gasteiger partial charge on any atom is -0.354 e. The molecule has 1 aliphatic heterocycles. The number of sulfonamides is 1. The van der Waals surface area contributed by atoms with Crippen molar-refractivity contribution in [1.29, 1.82) is 0 Å². The Labute approximate surface area is 147 Å². The van der Waals surface area contributed by atoms with Crippen LogP contribution in [0.5, 0.6) is 0 Å².